The van der Waals surface area contributed by atoms with Crippen LogP contribution in [-0.2, 0) is 19.4 Å². The third kappa shape index (κ3) is 6.30. The van der Waals surface area contributed by atoms with Crippen LogP contribution < -0.4 is 10.6 Å². The maximum absolute atomic E-state index is 13.4. The Morgan fingerprint density at radius 3 is 2.55 bits per heavy atom. The molecular formula is C28H30FN3O. The van der Waals surface area contributed by atoms with Crippen molar-refractivity contribution in [3.8, 4) is 0 Å². The van der Waals surface area contributed by atoms with E-state index in [0.29, 0.717) is 13.1 Å². The summed E-state index contributed by atoms with van der Waals surface area (Å²) >= 11 is 0. The minimum absolute atomic E-state index is 0.0224. The van der Waals surface area contributed by atoms with Crippen LogP contribution in [0.3, 0.4) is 0 Å². The second-order valence-corrected chi connectivity index (χ2v) is 8.29. The average Bonchev–Trinajstić information content (AvgIpc) is 3.24. The number of aromatic nitrogens is 1. The molecule has 1 amide bonds. The van der Waals surface area contributed by atoms with Crippen molar-refractivity contribution in [2.24, 2.45) is 0 Å². The molecule has 0 aliphatic carbocycles. The third-order valence-corrected chi connectivity index (χ3v) is 5.90. The SMILES string of the molecule is O=C(NCCCCc1ccccc1)c1ccccc1CNCCc1c[nH]c2cc(F)ccc12. The van der Waals surface area contributed by atoms with Crippen molar-refractivity contribution in [2.75, 3.05) is 13.1 Å². The molecule has 3 N–H and O–H groups in total. The highest BCUT2D eigenvalue weighted by Crippen LogP contribution is 2.19. The molecule has 3 aromatic carbocycles. The van der Waals surface area contributed by atoms with Gasteiger partial charge >= 0.3 is 0 Å². The first-order chi connectivity index (χ1) is 16.2. The number of hydrogen-bond donors (Lipinski definition) is 3. The van der Waals surface area contributed by atoms with Gasteiger partial charge in [0.25, 0.3) is 5.91 Å². The lowest BCUT2D eigenvalue weighted by molar-refractivity contribution is 0.0952. The van der Waals surface area contributed by atoms with Crippen molar-refractivity contribution >= 4 is 16.8 Å². The smallest absolute Gasteiger partial charge is 0.251 e. The van der Waals surface area contributed by atoms with Gasteiger partial charge in [0.1, 0.15) is 5.82 Å². The van der Waals surface area contributed by atoms with Crippen molar-refractivity contribution in [3.05, 3.63) is 107 Å². The highest BCUT2D eigenvalue weighted by atomic mass is 19.1. The van der Waals surface area contributed by atoms with Gasteiger partial charge in [-0.15, -0.1) is 0 Å². The number of carbonyl (C=O) groups excluding carboxylic acids is 1. The second kappa shape index (κ2) is 11.4. The standard InChI is InChI=1S/C28H30FN3O/c29-24-13-14-25-23(20-32-27(25)18-24)15-17-30-19-22-11-4-5-12-26(22)28(33)31-16-7-6-10-21-8-2-1-3-9-21/h1-5,8-9,11-14,18,20,30,32H,6-7,10,15-17,19H2,(H,31,33). The number of rotatable bonds is 11. The van der Waals surface area contributed by atoms with Crippen molar-refractivity contribution in [1.82, 2.24) is 15.6 Å². The predicted octanol–water partition coefficient (Wildman–Crippen LogP) is 5.39. The summed E-state index contributed by atoms with van der Waals surface area (Å²) in [7, 11) is 0. The van der Waals surface area contributed by atoms with Gasteiger partial charge in [-0.2, -0.15) is 0 Å². The summed E-state index contributed by atoms with van der Waals surface area (Å²) in [5.74, 6) is -0.258. The molecule has 4 nitrogen and oxygen atoms in total. The first-order valence-electron chi connectivity index (χ1n) is 11.6. The highest BCUT2D eigenvalue weighted by molar-refractivity contribution is 5.95. The monoisotopic (exact) mass is 443 g/mol. The van der Waals surface area contributed by atoms with Crippen LogP contribution in [0, 0.1) is 5.82 Å². The molecule has 0 radical (unpaired) electrons. The van der Waals surface area contributed by atoms with Crippen LogP contribution in [0.15, 0.2) is 79.0 Å². The van der Waals surface area contributed by atoms with Crippen LogP contribution in [0.2, 0.25) is 0 Å². The molecule has 33 heavy (non-hydrogen) atoms. The topological polar surface area (TPSA) is 56.9 Å². The van der Waals surface area contributed by atoms with Crippen molar-refractivity contribution in [1.29, 1.82) is 0 Å². The molecule has 0 aliphatic rings. The Morgan fingerprint density at radius 2 is 1.67 bits per heavy atom. The van der Waals surface area contributed by atoms with Gasteiger partial charge in [-0.3, -0.25) is 4.79 Å². The summed E-state index contributed by atoms with van der Waals surface area (Å²) in [6.45, 7) is 2.06. The molecule has 0 spiro atoms. The zero-order chi connectivity index (χ0) is 22.9. The fourth-order valence-electron chi connectivity index (χ4n) is 4.10. The summed E-state index contributed by atoms with van der Waals surface area (Å²) < 4.78 is 13.4. The van der Waals surface area contributed by atoms with E-state index >= 15 is 0 Å². The van der Waals surface area contributed by atoms with Gasteiger partial charge in [-0.1, -0.05) is 48.5 Å². The maximum Gasteiger partial charge on any atom is 0.251 e. The summed E-state index contributed by atoms with van der Waals surface area (Å²) in [6, 6.07) is 23.0. The van der Waals surface area contributed by atoms with Gasteiger partial charge in [0.15, 0.2) is 0 Å². The fourth-order valence-corrected chi connectivity index (χ4v) is 4.10. The van der Waals surface area contributed by atoms with Crippen molar-refractivity contribution < 1.29 is 9.18 Å². The normalized spacial score (nSPS) is 11.1. The summed E-state index contributed by atoms with van der Waals surface area (Å²) in [4.78, 5) is 15.8. The van der Waals surface area contributed by atoms with E-state index in [1.165, 1.54) is 17.7 Å². The number of amides is 1. The highest BCUT2D eigenvalue weighted by Gasteiger charge is 2.10. The van der Waals surface area contributed by atoms with Gasteiger partial charge in [0, 0.05) is 35.8 Å². The van der Waals surface area contributed by atoms with E-state index in [1.807, 2.05) is 42.6 Å². The molecule has 4 aromatic rings. The van der Waals surface area contributed by atoms with Gasteiger partial charge < -0.3 is 15.6 Å². The fraction of sp³-hybridized carbons (Fsp3) is 0.250. The van der Waals surface area contributed by atoms with Gasteiger partial charge in [-0.25, -0.2) is 4.39 Å². The van der Waals surface area contributed by atoms with E-state index in [1.54, 1.807) is 0 Å². The van der Waals surface area contributed by atoms with Gasteiger partial charge in [0.2, 0.25) is 0 Å². The lowest BCUT2D eigenvalue weighted by Gasteiger charge is -2.11. The second-order valence-electron chi connectivity index (χ2n) is 8.29. The lowest BCUT2D eigenvalue weighted by atomic mass is 10.1. The molecule has 1 aromatic heterocycles. The molecule has 0 atom stereocenters. The molecule has 0 bridgehead atoms. The van der Waals surface area contributed by atoms with Gasteiger partial charge in [0.05, 0.1) is 0 Å². The first kappa shape index (κ1) is 22.7. The molecule has 1 heterocycles. The molecule has 170 valence electrons. The van der Waals surface area contributed by atoms with E-state index in [-0.39, 0.29) is 11.7 Å². The number of fused-ring (bicyclic) bond motifs is 1. The summed E-state index contributed by atoms with van der Waals surface area (Å²) in [5.41, 5.74) is 5.01. The summed E-state index contributed by atoms with van der Waals surface area (Å²) in [6.07, 6.45) is 5.79. The largest absolute Gasteiger partial charge is 0.361 e. The van der Waals surface area contributed by atoms with Crippen LogP contribution >= 0.6 is 0 Å². The van der Waals surface area contributed by atoms with Crippen LogP contribution in [-0.4, -0.2) is 24.0 Å². The number of nitrogens with one attached hydrogen (secondary N) is 3. The lowest BCUT2D eigenvalue weighted by Crippen LogP contribution is -2.27. The quantitative estimate of drug-likeness (QED) is 0.272. The number of H-pyrrole nitrogens is 1. The molecule has 4 rings (SSSR count). The zero-order valence-electron chi connectivity index (χ0n) is 18.7. The van der Waals surface area contributed by atoms with E-state index in [0.717, 1.165) is 59.8 Å². The minimum atomic E-state index is -0.236. The molecule has 0 saturated carbocycles. The van der Waals surface area contributed by atoms with E-state index in [2.05, 4.69) is 39.9 Å². The maximum atomic E-state index is 13.4. The van der Waals surface area contributed by atoms with Crippen molar-refractivity contribution in [3.63, 3.8) is 0 Å². The molecule has 0 fully saturated rings. The van der Waals surface area contributed by atoms with Gasteiger partial charge in [-0.05, 0) is 73.2 Å². The predicted molar refractivity (Wildman–Crippen MR) is 132 cm³/mol. The third-order valence-electron chi connectivity index (χ3n) is 5.90. The molecule has 0 saturated heterocycles. The summed E-state index contributed by atoms with van der Waals surface area (Å²) in [5, 5.41) is 7.55. The van der Waals surface area contributed by atoms with Crippen LogP contribution in [0.1, 0.15) is 39.9 Å². The van der Waals surface area contributed by atoms with E-state index in [9.17, 15) is 9.18 Å². The number of carbonyl (C=O) groups is 1. The number of benzene rings is 3. The van der Waals surface area contributed by atoms with Crippen molar-refractivity contribution in [2.45, 2.75) is 32.2 Å². The Hall–Kier alpha value is -3.44. The number of aryl methyl sites for hydroxylation is 1. The number of unbranched alkanes of at least 4 members (excludes halogenated alkanes) is 1. The molecule has 0 aliphatic heterocycles. The Morgan fingerprint density at radius 1 is 0.848 bits per heavy atom. The Labute approximate surface area is 194 Å². The number of hydrogen-bond acceptors (Lipinski definition) is 2. The van der Waals surface area contributed by atoms with E-state index < -0.39 is 0 Å². The van der Waals surface area contributed by atoms with E-state index in [4.69, 9.17) is 0 Å². The Bertz CT molecular complexity index is 1190. The Balaban J connectivity index is 1.22. The van der Waals surface area contributed by atoms with Crippen LogP contribution in [0.5, 0.6) is 0 Å². The molecule has 5 heteroatoms. The average molecular weight is 444 g/mol. The van der Waals surface area contributed by atoms with Crippen LogP contribution in [0.25, 0.3) is 10.9 Å². The number of aromatic amines is 1. The Kier molecular flexibility index (Phi) is 7.88. The van der Waals surface area contributed by atoms with Crippen LogP contribution in [0.4, 0.5) is 4.39 Å². The zero-order valence-corrected chi connectivity index (χ0v) is 18.7. The number of halogens is 1. The minimum Gasteiger partial charge on any atom is -0.361 e. The molecular weight excluding hydrogens is 413 g/mol. The first-order valence-corrected chi connectivity index (χ1v) is 11.6. The molecule has 0 unspecified atom stereocenters.